The molecule has 0 aromatic rings. The molecule has 0 heterocycles. The van der Waals surface area contributed by atoms with Gasteiger partial charge in [-0.2, -0.15) is 0 Å². The van der Waals surface area contributed by atoms with Crippen molar-refractivity contribution >= 4 is 0 Å². The van der Waals surface area contributed by atoms with Crippen LogP contribution >= 0.6 is 0 Å². The fourth-order valence-electron chi connectivity index (χ4n) is 0. The third-order valence-electron chi connectivity index (χ3n) is 0. The molecule has 0 rings (SSSR count). The van der Waals surface area contributed by atoms with Crippen LogP contribution in [0.15, 0.2) is 97.2 Å². The maximum atomic E-state index is 3.56. The van der Waals surface area contributed by atoms with E-state index in [1.165, 1.54) is 44.6 Å². The van der Waals surface area contributed by atoms with Gasteiger partial charge < -0.3 is 0 Å². The summed E-state index contributed by atoms with van der Waals surface area (Å²) in [6.07, 6.45) is 0. The third kappa shape index (κ3) is 4680. The van der Waals surface area contributed by atoms with Crippen LogP contribution in [0.4, 0.5) is 0 Å². The predicted molar refractivity (Wildman–Crippen MR) is 164 cm³/mol. The number of rotatable bonds is 0. The highest BCUT2D eigenvalue weighted by atomic mass is 13.6. The minimum atomic E-state index is 1.17. The van der Waals surface area contributed by atoms with Crippen LogP contribution in [0.5, 0.6) is 0 Å². The fraction of sp³-hybridized carbons (Fsp3) is 0.500. The molecule has 0 heteroatoms. The third-order valence-corrected chi connectivity index (χ3v) is 0. The first-order valence-corrected chi connectivity index (χ1v) is 10.8. The summed E-state index contributed by atoms with van der Waals surface area (Å²) in [6.45, 7) is 60.0. The Morgan fingerprint density at radius 1 is 0.188 bits per heavy atom. The quantitative estimate of drug-likeness (QED) is 0.323. The van der Waals surface area contributed by atoms with Crippen LogP contribution in [-0.2, 0) is 0 Å². The topological polar surface area (TPSA) is 0 Å². The fourth-order valence-corrected chi connectivity index (χ4v) is 0. The highest BCUT2D eigenvalue weighted by Crippen LogP contribution is 1.76. The monoisotopic (exact) mass is 449 g/mol. The second-order valence-electron chi connectivity index (χ2n) is 9.66. The van der Waals surface area contributed by atoms with Crippen molar-refractivity contribution in [3.63, 3.8) is 0 Å². The van der Waals surface area contributed by atoms with Gasteiger partial charge in [0.05, 0.1) is 0 Å². The lowest BCUT2D eigenvalue weighted by molar-refractivity contribution is 1.42. The van der Waals surface area contributed by atoms with E-state index < -0.39 is 0 Å². The van der Waals surface area contributed by atoms with Crippen LogP contribution in [0.25, 0.3) is 0 Å². The largest absolute Gasteiger partial charge is 0.100 e. The molecule has 0 aliphatic rings. The van der Waals surface area contributed by atoms with Crippen molar-refractivity contribution < 1.29 is 0 Å². The molecular weight excluding hydrogens is 384 g/mol. The van der Waals surface area contributed by atoms with Crippen LogP contribution in [-0.4, -0.2) is 0 Å². The Bertz CT molecular complexity index is 328. The van der Waals surface area contributed by atoms with E-state index in [-0.39, 0.29) is 0 Å². The number of hydrogen-bond acceptors (Lipinski definition) is 0. The molecule has 0 nitrogen and oxygen atoms in total. The molecule has 0 spiro atoms. The van der Waals surface area contributed by atoms with Crippen LogP contribution in [0.1, 0.15) is 111 Å². The van der Waals surface area contributed by atoms with Gasteiger partial charge in [-0.15, -0.1) is 52.6 Å². The maximum Gasteiger partial charge on any atom is -0.0445 e. The van der Waals surface area contributed by atoms with Gasteiger partial charge in [0, 0.05) is 0 Å². The number of allylic oxidation sites excluding steroid dienone is 8. The van der Waals surface area contributed by atoms with Crippen molar-refractivity contribution in [3.8, 4) is 0 Å². The lowest BCUT2D eigenvalue weighted by atomic mass is 10.4. The summed E-state index contributed by atoms with van der Waals surface area (Å²) in [7, 11) is 0. The first-order valence-electron chi connectivity index (χ1n) is 10.8. The van der Waals surface area contributed by atoms with Crippen molar-refractivity contribution in [3.05, 3.63) is 97.2 Å². The Labute approximate surface area is 208 Å². The molecule has 0 amide bonds. The van der Waals surface area contributed by atoms with Crippen molar-refractivity contribution in [1.29, 1.82) is 0 Å². The zero-order chi connectivity index (χ0) is 28.6. The van der Waals surface area contributed by atoms with Gasteiger partial charge in [0.2, 0.25) is 0 Å². The number of hydrogen-bond donors (Lipinski definition) is 0. The maximum absolute atomic E-state index is 3.56. The zero-order valence-corrected chi connectivity index (χ0v) is 25.7. The van der Waals surface area contributed by atoms with Gasteiger partial charge in [-0.1, -0.05) is 44.6 Å². The summed E-state index contributed by atoms with van der Waals surface area (Å²) in [5, 5.41) is 0. The summed E-state index contributed by atoms with van der Waals surface area (Å²) in [6, 6.07) is 0. The molecule has 0 bridgehead atoms. The molecule has 0 unspecified atom stereocenters. The van der Waals surface area contributed by atoms with Gasteiger partial charge in [0.1, 0.15) is 0 Å². The first-order chi connectivity index (χ1) is 13.9. The van der Waals surface area contributed by atoms with Crippen molar-refractivity contribution in [2.75, 3.05) is 0 Å². The normalized spacial score (nSPS) is 6.50. The van der Waals surface area contributed by atoms with E-state index in [4.69, 9.17) is 0 Å². The smallest absolute Gasteiger partial charge is 0.0445 e. The van der Waals surface area contributed by atoms with Gasteiger partial charge in [0.15, 0.2) is 0 Å². The first kappa shape index (κ1) is 52.1. The van der Waals surface area contributed by atoms with E-state index in [0.29, 0.717) is 0 Å². The van der Waals surface area contributed by atoms with Gasteiger partial charge in [-0.05, 0) is 111 Å². The summed E-state index contributed by atoms with van der Waals surface area (Å²) < 4.78 is 0. The van der Waals surface area contributed by atoms with Gasteiger partial charge in [0.25, 0.3) is 0 Å². The van der Waals surface area contributed by atoms with Crippen LogP contribution in [0.2, 0.25) is 0 Å². The second-order valence-corrected chi connectivity index (χ2v) is 9.66. The van der Waals surface area contributed by atoms with E-state index in [1.54, 1.807) is 0 Å². The van der Waals surface area contributed by atoms with Crippen LogP contribution in [0, 0.1) is 0 Å². The summed E-state index contributed by atoms with van der Waals surface area (Å²) in [4.78, 5) is 0. The Morgan fingerprint density at radius 3 is 0.188 bits per heavy atom. The molecule has 0 aliphatic heterocycles. The molecule has 192 valence electrons. The Morgan fingerprint density at radius 2 is 0.188 bits per heavy atom. The lowest BCUT2D eigenvalue weighted by Crippen LogP contribution is -1.43. The molecule has 0 N–H and O–H groups in total. The Balaban J connectivity index is -0.0000000343. The molecule has 0 atom stereocenters. The minimum absolute atomic E-state index is 1.17. The summed E-state index contributed by atoms with van der Waals surface area (Å²) in [5.74, 6) is 0. The van der Waals surface area contributed by atoms with E-state index >= 15 is 0 Å². The van der Waals surface area contributed by atoms with Crippen LogP contribution < -0.4 is 0 Å². The molecule has 0 fully saturated rings. The summed E-state index contributed by atoms with van der Waals surface area (Å²) in [5.41, 5.74) is 9.33. The zero-order valence-electron chi connectivity index (χ0n) is 25.7. The molecule has 0 aromatic carbocycles. The molecule has 0 radical (unpaired) electrons. The summed E-state index contributed by atoms with van der Waals surface area (Å²) >= 11 is 0. The highest BCUT2D eigenvalue weighted by molar-refractivity contribution is 4.81. The predicted octanol–water partition coefficient (Wildman–Crippen LogP) is 12.7. The van der Waals surface area contributed by atoms with E-state index in [9.17, 15) is 0 Å². The molecule has 32 heavy (non-hydrogen) atoms. The van der Waals surface area contributed by atoms with Gasteiger partial charge >= 0.3 is 0 Å². The Hall–Kier alpha value is -2.08. The molecule has 0 aromatic heterocycles. The highest BCUT2D eigenvalue weighted by Gasteiger charge is 1.54. The van der Waals surface area contributed by atoms with Crippen molar-refractivity contribution in [2.24, 2.45) is 0 Å². The average Bonchev–Trinajstić information content (AvgIpc) is 2.30. The lowest BCUT2D eigenvalue weighted by Gasteiger charge is -1.65. The molecular formula is C32H64. The molecule has 0 saturated heterocycles. The molecule has 0 aliphatic carbocycles. The van der Waals surface area contributed by atoms with Crippen LogP contribution in [0.3, 0.4) is 0 Å². The van der Waals surface area contributed by atoms with Gasteiger partial charge in [-0.25, -0.2) is 0 Å². The van der Waals surface area contributed by atoms with Crippen molar-refractivity contribution in [1.82, 2.24) is 0 Å². The van der Waals surface area contributed by atoms with E-state index in [1.807, 2.05) is 111 Å². The van der Waals surface area contributed by atoms with E-state index in [0.717, 1.165) is 0 Å². The Kier molecular flexibility index (Phi) is 76.4. The minimum Gasteiger partial charge on any atom is -0.100 e. The molecule has 0 saturated carbocycles. The van der Waals surface area contributed by atoms with Gasteiger partial charge in [-0.3, -0.25) is 0 Å². The standard InChI is InChI=1S/8C4H8/c8*1-4(2)3/h8*1H2,2-3H3. The average molecular weight is 449 g/mol. The van der Waals surface area contributed by atoms with Crippen molar-refractivity contribution in [2.45, 2.75) is 111 Å². The SMILES string of the molecule is C=C(C)C.C=C(C)C.C=C(C)C.C=C(C)C.C=C(C)C.C=C(C)C.C=C(C)C.C=C(C)C. The second kappa shape index (κ2) is 46.9. The van der Waals surface area contributed by atoms with E-state index in [2.05, 4.69) is 52.6 Å².